The van der Waals surface area contributed by atoms with Gasteiger partial charge in [-0.15, -0.1) is 0 Å². The van der Waals surface area contributed by atoms with E-state index in [1.165, 1.54) is 5.39 Å². The lowest BCUT2D eigenvalue weighted by atomic mass is 9.61. The number of hydrogen-bond acceptors (Lipinski definition) is 9. The zero-order valence-electron chi connectivity index (χ0n) is 33.0. The molecule has 1 N–H and O–H groups in total. The first-order chi connectivity index (χ1) is 28.6. The molecule has 10 rings (SSSR count). The summed E-state index contributed by atoms with van der Waals surface area (Å²) in [5, 5.41) is 4.97. The van der Waals surface area contributed by atoms with Crippen LogP contribution in [0.15, 0.2) is 85.5 Å². The Morgan fingerprint density at radius 1 is 0.881 bits per heavy atom. The van der Waals surface area contributed by atoms with E-state index in [9.17, 15) is 19.2 Å². The van der Waals surface area contributed by atoms with Gasteiger partial charge in [-0.2, -0.15) is 0 Å². The van der Waals surface area contributed by atoms with Crippen LogP contribution >= 0.6 is 0 Å². The van der Waals surface area contributed by atoms with Crippen LogP contribution in [0.25, 0.3) is 32.9 Å². The van der Waals surface area contributed by atoms with E-state index >= 15 is 0 Å². The maximum absolute atomic E-state index is 13.2. The van der Waals surface area contributed by atoms with E-state index in [0.717, 1.165) is 71.2 Å². The number of rotatable bonds is 12. The molecular formula is C46H46N6O7. The molecule has 13 heteroatoms. The minimum Gasteiger partial charge on any atom is -0.494 e. The third kappa shape index (κ3) is 6.70. The lowest BCUT2D eigenvalue weighted by molar-refractivity contribution is -0.178. The maximum atomic E-state index is 13.2. The summed E-state index contributed by atoms with van der Waals surface area (Å²) in [7, 11) is 2.08. The number of amides is 4. The number of benzene rings is 2. The number of ether oxygens (including phenoxy) is 3. The minimum absolute atomic E-state index is 0.00167. The monoisotopic (exact) mass is 794 g/mol. The summed E-state index contributed by atoms with van der Waals surface area (Å²) in [4.78, 5) is 63.7. The van der Waals surface area contributed by atoms with Crippen LogP contribution in [0.4, 0.5) is 0 Å². The van der Waals surface area contributed by atoms with Crippen LogP contribution in [0.3, 0.4) is 0 Å². The Morgan fingerprint density at radius 3 is 2.47 bits per heavy atom. The highest BCUT2D eigenvalue weighted by Crippen LogP contribution is 2.50. The van der Waals surface area contributed by atoms with E-state index < -0.39 is 17.9 Å². The lowest BCUT2D eigenvalue weighted by Crippen LogP contribution is -2.66. The molecule has 13 nitrogen and oxygen atoms in total. The largest absolute Gasteiger partial charge is 0.494 e. The number of fused-ring (bicyclic) bond motifs is 4. The molecule has 5 aliphatic rings. The summed E-state index contributed by atoms with van der Waals surface area (Å²) in [6.45, 7) is 6.47. The van der Waals surface area contributed by atoms with Crippen molar-refractivity contribution in [3.8, 4) is 22.8 Å². The molecule has 2 saturated heterocycles. The zero-order valence-corrected chi connectivity index (χ0v) is 33.0. The van der Waals surface area contributed by atoms with Gasteiger partial charge >= 0.3 is 0 Å². The van der Waals surface area contributed by atoms with Gasteiger partial charge in [0, 0.05) is 90.3 Å². The van der Waals surface area contributed by atoms with E-state index in [-0.39, 0.29) is 46.5 Å². The molecular weight excluding hydrogens is 749 g/mol. The summed E-state index contributed by atoms with van der Waals surface area (Å²) in [6.07, 6.45) is 11.7. The molecule has 4 amide bonds. The summed E-state index contributed by atoms with van der Waals surface area (Å²) in [5.41, 5.74) is 5.74. The van der Waals surface area contributed by atoms with Gasteiger partial charge in [0.1, 0.15) is 17.9 Å². The third-order valence-corrected chi connectivity index (χ3v) is 13.0. The molecule has 5 aromatic rings. The van der Waals surface area contributed by atoms with Crippen LogP contribution in [0, 0.1) is 11.3 Å². The van der Waals surface area contributed by atoms with Gasteiger partial charge < -0.3 is 29.0 Å². The van der Waals surface area contributed by atoms with Gasteiger partial charge in [-0.1, -0.05) is 18.7 Å². The second-order valence-corrected chi connectivity index (χ2v) is 17.0. The molecule has 2 saturated carbocycles. The topological polar surface area (TPSA) is 145 Å². The number of hydrogen-bond donors (Lipinski definition) is 1. The Hall–Kier alpha value is -6.08. The number of likely N-dealkylation sites (tertiary alicyclic amines) is 1. The van der Waals surface area contributed by atoms with Gasteiger partial charge in [-0.25, -0.2) is 4.98 Å². The highest BCUT2D eigenvalue weighted by Gasteiger charge is 2.55. The number of pyridine rings is 2. The molecule has 1 unspecified atom stereocenters. The van der Waals surface area contributed by atoms with Crippen molar-refractivity contribution < 1.29 is 33.4 Å². The van der Waals surface area contributed by atoms with Crippen LogP contribution < -0.4 is 14.8 Å². The zero-order chi connectivity index (χ0) is 40.4. The summed E-state index contributed by atoms with van der Waals surface area (Å²) >= 11 is 0. The Morgan fingerprint density at radius 2 is 1.68 bits per heavy atom. The van der Waals surface area contributed by atoms with Gasteiger partial charge in [0.15, 0.2) is 0 Å². The van der Waals surface area contributed by atoms with Crippen LogP contribution in [0.2, 0.25) is 0 Å². The molecule has 4 fully saturated rings. The Bertz CT molecular complexity index is 2530. The molecule has 2 aromatic carbocycles. The fourth-order valence-corrected chi connectivity index (χ4v) is 9.61. The van der Waals surface area contributed by atoms with Crippen LogP contribution in [-0.2, 0) is 21.4 Å². The predicted octanol–water partition coefficient (Wildman–Crippen LogP) is 6.20. The van der Waals surface area contributed by atoms with E-state index in [0.29, 0.717) is 56.2 Å². The van der Waals surface area contributed by atoms with Gasteiger partial charge in [0.05, 0.1) is 29.4 Å². The normalized spacial score (nSPS) is 22.3. The highest BCUT2D eigenvalue weighted by atomic mass is 16.5. The fourth-order valence-electron chi connectivity index (χ4n) is 9.61. The highest BCUT2D eigenvalue weighted by molar-refractivity contribution is 6.23. The number of aromatic nitrogens is 3. The number of piperidine rings is 1. The van der Waals surface area contributed by atoms with Gasteiger partial charge in [0.2, 0.25) is 17.7 Å². The first-order valence-corrected chi connectivity index (χ1v) is 20.6. The fraction of sp³-hybridized carbons (Fsp3) is 0.391. The van der Waals surface area contributed by atoms with Gasteiger partial charge in [0.25, 0.3) is 11.8 Å². The smallest absolute Gasteiger partial charge is 0.262 e. The second kappa shape index (κ2) is 14.6. The SMILES string of the molecule is C=C1CCC(N2C(=O)c3ccc(OCCCCOC4CC5(C4)CN(C(=O)C4CC(Oc6ccc(-c7ccc8c9cnccc9n(C)c8c7)cn6)C4)C5)cc3C2=O)C(=O)N1. The molecule has 3 aliphatic heterocycles. The molecule has 2 aliphatic carbocycles. The summed E-state index contributed by atoms with van der Waals surface area (Å²) < 4.78 is 20.4. The van der Waals surface area contributed by atoms with Crippen molar-refractivity contribution in [2.45, 2.75) is 69.6 Å². The number of aryl methyl sites for hydroxylation is 1. The van der Waals surface area contributed by atoms with Crippen molar-refractivity contribution in [1.29, 1.82) is 0 Å². The first-order valence-electron chi connectivity index (χ1n) is 20.6. The van der Waals surface area contributed by atoms with Crippen LogP contribution in [0.1, 0.15) is 72.1 Å². The molecule has 302 valence electrons. The standard InChI is InChI=1S/C46H46N6O7/c1-27-5-11-39(42(53)49-27)52-44(55)35-10-8-31(20-36(35)45(52)56)57-15-3-4-16-58-33-21-46(22-33)25-51(26-46)43(54)30-17-32(18-30)59-41-12-7-29(23-48-41)28-6-9-34-37-24-47-14-13-38(37)50(2)40(34)19-28/h6-10,12-14,19-20,23-24,30,32-33,39H,1,3-5,11,15-18,21-22,25-26H2,2H3,(H,49,53). The Balaban J connectivity index is 0.609. The average molecular weight is 795 g/mol. The average Bonchev–Trinajstić information content (AvgIpc) is 3.62. The maximum Gasteiger partial charge on any atom is 0.262 e. The van der Waals surface area contributed by atoms with Crippen molar-refractivity contribution in [1.82, 2.24) is 29.7 Å². The number of imide groups is 1. The van der Waals surface area contributed by atoms with Gasteiger partial charge in [-0.05, 0) is 93.3 Å². The van der Waals surface area contributed by atoms with E-state index in [4.69, 9.17) is 14.2 Å². The third-order valence-electron chi connectivity index (χ3n) is 13.0. The molecule has 3 aromatic heterocycles. The Labute approximate surface area is 341 Å². The van der Waals surface area contributed by atoms with E-state index in [1.807, 2.05) is 41.7 Å². The minimum atomic E-state index is -0.839. The number of carbonyl (C=O) groups excluding carboxylic acids is 4. The molecule has 0 bridgehead atoms. The molecule has 0 radical (unpaired) electrons. The lowest BCUT2D eigenvalue weighted by Gasteiger charge is -2.59. The number of carbonyl (C=O) groups is 4. The summed E-state index contributed by atoms with van der Waals surface area (Å²) in [5.74, 6) is 0.0231. The number of unbranched alkanes of at least 4 members (excludes halogenated alkanes) is 1. The van der Waals surface area contributed by atoms with Crippen molar-refractivity contribution in [2.75, 3.05) is 26.3 Å². The van der Waals surface area contributed by atoms with Crippen molar-refractivity contribution >= 4 is 45.4 Å². The number of nitrogens with one attached hydrogen (secondary N) is 1. The van der Waals surface area contributed by atoms with Crippen molar-refractivity contribution in [3.05, 3.63) is 96.6 Å². The van der Waals surface area contributed by atoms with E-state index in [1.54, 1.807) is 18.2 Å². The molecule has 1 atom stereocenters. The van der Waals surface area contributed by atoms with E-state index in [2.05, 4.69) is 51.7 Å². The number of allylic oxidation sites excluding steroid dienone is 1. The predicted molar refractivity (Wildman–Crippen MR) is 219 cm³/mol. The van der Waals surface area contributed by atoms with Crippen LogP contribution in [0.5, 0.6) is 11.6 Å². The summed E-state index contributed by atoms with van der Waals surface area (Å²) in [6, 6.07) is 16.5. The molecule has 59 heavy (non-hydrogen) atoms. The van der Waals surface area contributed by atoms with Crippen molar-refractivity contribution in [2.24, 2.45) is 18.4 Å². The number of nitrogens with zero attached hydrogens (tertiary/aromatic N) is 5. The quantitative estimate of drug-likeness (QED) is 0.115. The Kier molecular flexibility index (Phi) is 9.23. The first kappa shape index (κ1) is 37.2. The second-order valence-electron chi connectivity index (χ2n) is 17.0. The molecule has 1 spiro atoms. The van der Waals surface area contributed by atoms with Crippen LogP contribution in [-0.4, -0.2) is 92.5 Å². The molecule has 6 heterocycles. The van der Waals surface area contributed by atoms with Gasteiger partial charge in [-0.3, -0.25) is 29.1 Å². The van der Waals surface area contributed by atoms with Crippen molar-refractivity contribution in [3.63, 3.8) is 0 Å².